The van der Waals surface area contributed by atoms with Crippen molar-refractivity contribution < 1.29 is 14.4 Å². The highest BCUT2D eigenvalue weighted by atomic mass is 16.2. The maximum atomic E-state index is 13.4. The maximum absolute atomic E-state index is 13.4. The minimum absolute atomic E-state index is 0.0727. The van der Waals surface area contributed by atoms with Gasteiger partial charge in [-0.1, -0.05) is 13.8 Å². The first kappa shape index (κ1) is 20.9. The molecule has 164 valence electrons. The molecule has 3 aliphatic rings. The van der Waals surface area contributed by atoms with Crippen LogP contribution in [0, 0.1) is 11.8 Å². The van der Waals surface area contributed by atoms with Crippen LogP contribution in [0.25, 0.3) is 0 Å². The Morgan fingerprint density at radius 2 is 1.90 bits per heavy atom. The molecule has 3 amide bonds. The summed E-state index contributed by atoms with van der Waals surface area (Å²) in [6, 6.07) is 0.334. The molecule has 1 atom stereocenters. The Labute approximate surface area is 178 Å². The van der Waals surface area contributed by atoms with Gasteiger partial charge in [0, 0.05) is 63.4 Å². The van der Waals surface area contributed by atoms with Crippen LogP contribution in [-0.4, -0.2) is 63.0 Å². The van der Waals surface area contributed by atoms with Crippen LogP contribution in [0.3, 0.4) is 0 Å². The number of rotatable bonds is 5. The predicted molar refractivity (Wildman–Crippen MR) is 112 cm³/mol. The van der Waals surface area contributed by atoms with Gasteiger partial charge in [-0.15, -0.1) is 0 Å². The highest BCUT2D eigenvalue weighted by molar-refractivity contribution is 5.95. The van der Waals surface area contributed by atoms with Gasteiger partial charge in [0.2, 0.25) is 11.8 Å². The Hall–Kier alpha value is -2.38. The molecule has 2 aliphatic heterocycles. The molecule has 1 N–H and O–H groups in total. The summed E-state index contributed by atoms with van der Waals surface area (Å²) in [7, 11) is 1.86. The smallest absolute Gasteiger partial charge is 0.274 e. The van der Waals surface area contributed by atoms with Gasteiger partial charge in [0.15, 0.2) is 5.69 Å². The predicted octanol–water partition coefficient (Wildman–Crippen LogP) is 1.48. The fourth-order valence-corrected chi connectivity index (χ4v) is 4.53. The average Bonchev–Trinajstić information content (AvgIpc) is 3.48. The number of fused-ring (bicyclic) bond motifs is 1. The van der Waals surface area contributed by atoms with E-state index in [1.54, 1.807) is 9.58 Å². The molecule has 0 radical (unpaired) electrons. The van der Waals surface area contributed by atoms with E-state index in [1.807, 2.05) is 25.8 Å². The topological polar surface area (TPSA) is 87.5 Å². The van der Waals surface area contributed by atoms with Crippen molar-refractivity contribution >= 4 is 17.7 Å². The molecule has 30 heavy (non-hydrogen) atoms. The van der Waals surface area contributed by atoms with Crippen LogP contribution < -0.4 is 5.32 Å². The lowest BCUT2D eigenvalue weighted by atomic mass is 9.96. The molecule has 3 heterocycles. The first-order valence-corrected chi connectivity index (χ1v) is 11.3. The van der Waals surface area contributed by atoms with Crippen LogP contribution >= 0.6 is 0 Å². The number of nitrogens with one attached hydrogen (secondary N) is 1. The van der Waals surface area contributed by atoms with Crippen molar-refractivity contribution in [3.8, 4) is 0 Å². The molecule has 0 aromatic carbocycles. The Bertz CT molecular complexity index is 842. The second-order valence-corrected chi connectivity index (χ2v) is 9.43. The van der Waals surface area contributed by atoms with Crippen molar-refractivity contribution in [2.24, 2.45) is 18.9 Å². The van der Waals surface area contributed by atoms with Gasteiger partial charge < -0.3 is 15.1 Å². The van der Waals surface area contributed by atoms with Gasteiger partial charge in [0.1, 0.15) is 0 Å². The fraction of sp³-hybridized carbons (Fsp3) is 0.727. The third kappa shape index (κ3) is 4.37. The van der Waals surface area contributed by atoms with Crippen molar-refractivity contribution in [2.75, 3.05) is 19.6 Å². The number of aryl methyl sites for hydroxylation is 1. The lowest BCUT2D eigenvalue weighted by Gasteiger charge is -2.32. The monoisotopic (exact) mass is 415 g/mol. The Balaban J connectivity index is 1.48. The molecular formula is C22H33N5O3. The van der Waals surface area contributed by atoms with Gasteiger partial charge in [-0.3, -0.25) is 19.1 Å². The first-order chi connectivity index (χ1) is 14.3. The number of likely N-dealkylation sites (tertiary alicyclic amines) is 1. The third-order valence-electron chi connectivity index (χ3n) is 6.38. The summed E-state index contributed by atoms with van der Waals surface area (Å²) in [5.74, 6) is 0.248. The Kier molecular flexibility index (Phi) is 5.84. The zero-order chi connectivity index (χ0) is 21.4. The van der Waals surface area contributed by atoms with Crippen LogP contribution in [-0.2, 0) is 29.6 Å². The second-order valence-electron chi connectivity index (χ2n) is 9.43. The summed E-state index contributed by atoms with van der Waals surface area (Å²) in [5, 5.41) is 7.61. The van der Waals surface area contributed by atoms with Gasteiger partial charge in [0.25, 0.3) is 5.91 Å². The molecule has 2 fully saturated rings. The molecule has 1 aromatic heterocycles. The molecule has 1 aromatic rings. The fourth-order valence-electron chi connectivity index (χ4n) is 4.53. The van der Waals surface area contributed by atoms with Crippen LogP contribution in [0.15, 0.2) is 0 Å². The summed E-state index contributed by atoms with van der Waals surface area (Å²) in [6.45, 7) is 6.27. The molecule has 0 unspecified atom stereocenters. The summed E-state index contributed by atoms with van der Waals surface area (Å²) < 4.78 is 1.79. The molecule has 0 bridgehead atoms. The highest BCUT2D eigenvalue weighted by Gasteiger charge is 2.35. The van der Waals surface area contributed by atoms with E-state index in [0.717, 1.165) is 36.9 Å². The minimum atomic E-state index is -0.146. The number of amides is 3. The molecule has 1 aliphatic carbocycles. The standard InChI is InChI=1S/C22H33N5O3/c1-14(2)11-19(28)26-10-8-18-17(13-26)20(24-25(18)3)22(30)27-9-4-5-15(12-27)21(29)23-16-6-7-16/h14-16H,4-13H2,1-3H3,(H,23,29)/t15-/m1/s1. The number of hydrogen-bond donors (Lipinski definition) is 1. The number of carbonyl (C=O) groups is 3. The van der Waals surface area contributed by atoms with E-state index < -0.39 is 0 Å². The van der Waals surface area contributed by atoms with E-state index >= 15 is 0 Å². The van der Waals surface area contributed by atoms with Crippen LogP contribution in [0.4, 0.5) is 0 Å². The van der Waals surface area contributed by atoms with Gasteiger partial charge in [-0.05, 0) is 31.6 Å². The lowest BCUT2D eigenvalue weighted by Crippen LogP contribution is -2.46. The zero-order valence-electron chi connectivity index (χ0n) is 18.3. The number of carbonyl (C=O) groups excluding carboxylic acids is 3. The van der Waals surface area contributed by atoms with Gasteiger partial charge in [0.05, 0.1) is 5.92 Å². The van der Waals surface area contributed by atoms with Gasteiger partial charge in [-0.2, -0.15) is 5.10 Å². The van der Waals surface area contributed by atoms with Crippen molar-refractivity contribution in [2.45, 2.75) is 65.0 Å². The van der Waals surface area contributed by atoms with Crippen LogP contribution in [0.5, 0.6) is 0 Å². The maximum Gasteiger partial charge on any atom is 0.274 e. The molecule has 0 spiro atoms. The summed E-state index contributed by atoms with van der Waals surface area (Å²) >= 11 is 0. The molecule has 1 saturated carbocycles. The summed E-state index contributed by atoms with van der Waals surface area (Å²) in [4.78, 5) is 42.0. The molecular weight excluding hydrogens is 382 g/mol. The second kappa shape index (κ2) is 8.40. The van der Waals surface area contributed by atoms with E-state index in [-0.39, 0.29) is 23.6 Å². The van der Waals surface area contributed by atoms with Crippen LogP contribution in [0.1, 0.15) is 67.7 Å². The quantitative estimate of drug-likeness (QED) is 0.789. The lowest BCUT2D eigenvalue weighted by molar-refractivity contribution is -0.133. The molecule has 8 nitrogen and oxygen atoms in total. The van der Waals surface area contributed by atoms with E-state index in [2.05, 4.69) is 10.4 Å². The number of nitrogens with zero attached hydrogens (tertiary/aromatic N) is 4. The minimum Gasteiger partial charge on any atom is -0.353 e. The molecule has 8 heteroatoms. The van der Waals surface area contributed by atoms with Crippen molar-refractivity contribution in [3.63, 3.8) is 0 Å². The van der Waals surface area contributed by atoms with E-state index in [0.29, 0.717) is 56.7 Å². The van der Waals surface area contributed by atoms with Crippen molar-refractivity contribution in [1.82, 2.24) is 24.9 Å². The number of hydrogen-bond acceptors (Lipinski definition) is 4. The van der Waals surface area contributed by atoms with Gasteiger partial charge >= 0.3 is 0 Å². The SMILES string of the molecule is CC(C)CC(=O)N1CCc2c(c(C(=O)N3CCC[C@@H](C(=O)NC4CC4)C3)nn2C)C1. The van der Waals surface area contributed by atoms with Crippen molar-refractivity contribution in [1.29, 1.82) is 0 Å². The van der Waals surface area contributed by atoms with Crippen molar-refractivity contribution in [3.05, 3.63) is 17.0 Å². The average molecular weight is 416 g/mol. The third-order valence-corrected chi connectivity index (χ3v) is 6.38. The zero-order valence-corrected chi connectivity index (χ0v) is 18.3. The van der Waals surface area contributed by atoms with E-state index in [4.69, 9.17) is 0 Å². The normalized spacial score (nSPS) is 21.5. The largest absolute Gasteiger partial charge is 0.353 e. The highest BCUT2D eigenvalue weighted by Crippen LogP contribution is 2.27. The summed E-state index contributed by atoms with van der Waals surface area (Å²) in [6.07, 6.45) is 4.99. The number of aromatic nitrogens is 2. The first-order valence-electron chi connectivity index (χ1n) is 11.3. The molecule has 1 saturated heterocycles. The van der Waals surface area contributed by atoms with E-state index in [1.165, 1.54) is 0 Å². The number of piperidine rings is 1. The van der Waals surface area contributed by atoms with Gasteiger partial charge in [-0.25, -0.2) is 0 Å². The Morgan fingerprint density at radius 3 is 2.60 bits per heavy atom. The van der Waals surface area contributed by atoms with Crippen LogP contribution in [0.2, 0.25) is 0 Å². The molecule has 4 rings (SSSR count). The van der Waals surface area contributed by atoms with E-state index in [9.17, 15) is 14.4 Å². The Morgan fingerprint density at radius 1 is 1.13 bits per heavy atom. The summed E-state index contributed by atoms with van der Waals surface area (Å²) in [5.41, 5.74) is 2.35.